The summed E-state index contributed by atoms with van der Waals surface area (Å²) in [4.78, 5) is 13.0. The number of carbonyl (C=O) groups excluding carboxylic acids is 1. The minimum Gasteiger partial charge on any atom is -0.506 e. The molecule has 0 amide bonds. The quantitative estimate of drug-likeness (QED) is 0.532. The molecule has 1 aromatic carbocycles. The van der Waals surface area contributed by atoms with Gasteiger partial charge in [-0.1, -0.05) is 50.3 Å². The van der Waals surface area contributed by atoms with E-state index >= 15 is 0 Å². The SMILES string of the molecule is [B]C1=CCC(CC2(NC(C)(CC(C)C)C(=O)OCc3ccccc3)CC2)O1. The summed E-state index contributed by atoms with van der Waals surface area (Å²) in [5.41, 5.74) is 0.748. The average Bonchev–Trinajstić information content (AvgIpc) is 3.23. The lowest BCUT2D eigenvalue weighted by molar-refractivity contribution is -0.154. The van der Waals surface area contributed by atoms with E-state index in [2.05, 4.69) is 19.2 Å². The summed E-state index contributed by atoms with van der Waals surface area (Å²) in [5.74, 6) is 0.193. The first kappa shape index (κ1) is 20.0. The van der Waals surface area contributed by atoms with Gasteiger partial charge in [-0.3, -0.25) is 10.1 Å². The van der Waals surface area contributed by atoms with E-state index in [0.29, 0.717) is 18.2 Å². The van der Waals surface area contributed by atoms with Crippen molar-refractivity contribution < 1.29 is 14.3 Å². The summed E-state index contributed by atoms with van der Waals surface area (Å²) in [6.45, 7) is 6.54. The third-order valence-electron chi connectivity index (χ3n) is 5.38. The molecule has 1 N–H and O–H groups in total. The van der Waals surface area contributed by atoms with Gasteiger partial charge in [-0.15, -0.1) is 0 Å². The molecule has 5 heteroatoms. The zero-order valence-corrected chi connectivity index (χ0v) is 16.7. The van der Waals surface area contributed by atoms with Crippen molar-refractivity contribution >= 4 is 13.8 Å². The summed E-state index contributed by atoms with van der Waals surface area (Å²) in [6, 6.07) is 9.80. The number of ether oxygens (including phenoxy) is 2. The maximum Gasteiger partial charge on any atom is 0.326 e. The molecule has 1 aliphatic carbocycles. The second-order valence-corrected chi connectivity index (χ2v) is 8.68. The molecule has 1 aliphatic heterocycles. The lowest BCUT2D eigenvalue weighted by atomic mass is 9.88. The van der Waals surface area contributed by atoms with Crippen LogP contribution in [0.1, 0.15) is 58.4 Å². The Balaban J connectivity index is 1.63. The van der Waals surface area contributed by atoms with Crippen molar-refractivity contribution in [1.29, 1.82) is 0 Å². The molecule has 0 bridgehead atoms. The van der Waals surface area contributed by atoms with Gasteiger partial charge in [-0.05, 0) is 37.7 Å². The summed E-state index contributed by atoms with van der Waals surface area (Å²) in [5, 5.41) is 3.67. The Morgan fingerprint density at radius 2 is 2.07 bits per heavy atom. The Kier molecular flexibility index (Phi) is 6.00. The highest BCUT2D eigenvalue weighted by Gasteiger charge is 2.51. The van der Waals surface area contributed by atoms with Gasteiger partial charge in [0.15, 0.2) is 7.85 Å². The van der Waals surface area contributed by atoms with E-state index in [-0.39, 0.29) is 17.6 Å². The van der Waals surface area contributed by atoms with Crippen molar-refractivity contribution in [2.75, 3.05) is 0 Å². The van der Waals surface area contributed by atoms with E-state index in [4.69, 9.17) is 17.3 Å². The predicted octanol–water partition coefficient (Wildman–Crippen LogP) is 3.85. The van der Waals surface area contributed by atoms with Crippen LogP contribution in [0.5, 0.6) is 0 Å². The maximum atomic E-state index is 13.0. The van der Waals surface area contributed by atoms with Crippen LogP contribution in [0.15, 0.2) is 42.1 Å². The van der Waals surface area contributed by atoms with Gasteiger partial charge < -0.3 is 9.47 Å². The maximum absolute atomic E-state index is 13.0. The highest BCUT2D eigenvalue weighted by molar-refractivity contribution is 6.20. The van der Waals surface area contributed by atoms with Gasteiger partial charge in [0.05, 0.1) is 0 Å². The van der Waals surface area contributed by atoms with Crippen LogP contribution in [-0.4, -0.2) is 31.0 Å². The molecular formula is C22H30BNO3. The Labute approximate surface area is 164 Å². The second kappa shape index (κ2) is 8.09. The highest BCUT2D eigenvalue weighted by Crippen LogP contribution is 2.44. The fourth-order valence-corrected chi connectivity index (χ4v) is 4.10. The Morgan fingerprint density at radius 3 is 2.63 bits per heavy atom. The van der Waals surface area contributed by atoms with Crippen LogP contribution in [0.25, 0.3) is 0 Å². The fraction of sp³-hybridized carbons (Fsp3) is 0.591. The topological polar surface area (TPSA) is 47.6 Å². The van der Waals surface area contributed by atoms with Gasteiger partial charge in [-0.2, -0.15) is 0 Å². The molecule has 4 nitrogen and oxygen atoms in total. The lowest BCUT2D eigenvalue weighted by Gasteiger charge is -2.35. The molecule has 0 saturated heterocycles. The van der Waals surface area contributed by atoms with Gasteiger partial charge in [0, 0.05) is 24.0 Å². The number of benzene rings is 1. The molecule has 2 atom stereocenters. The summed E-state index contributed by atoms with van der Waals surface area (Å²) in [7, 11) is 5.74. The van der Waals surface area contributed by atoms with Gasteiger partial charge in [-0.25, -0.2) is 0 Å². The molecule has 27 heavy (non-hydrogen) atoms. The first-order chi connectivity index (χ1) is 12.8. The van der Waals surface area contributed by atoms with Crippen LogP contribution >= 0.6 is 0 Å². The number of hydrogen-bond donors (Lipinski definition) is 1. The first-order valence-electron chi connectivity index (χ1n) is 9.93. The molecule has 1 fully saturated rings. The van der Waals surface area contributed by atoms with Crippen molar-refractivity contribution in [1.82, 2.24) is 5.32 Å². The van der Waals surface area contributed by atoms with Crippen LogP contribution < -0.4 is 5.32 Å². The van der Waals surface area contributed by atoms with Gasteiger partial charge >= 0.3 is 5.97 Å². The molecule has 1 aromatic rings. The van der Waals surface area contributed by atoms with Gasteiger partial charge in [0.25, 0.3) is 0 Å². The van der Waals surface area contributed by atoms with Crippen molar-refractivity contribution in [3.05, 3.63) is 47.6 Å². The van der Waals surface area contributed by atoms with Crippen LogP contribution in [0.3, 0.4) is 0 Å². The van der Waals surface area contributed by atoms with Crippen LogP contribution in [0, 0.1) is 5.92 Å². The summed E-state index contributed by atoms with van der Waals surface area (Å²) < 4.78 is 11.4. The van der Waals surface area contributed by atoms with E-state index < -0.39 is 5.54 Å². The fourth-order valence-electron chi connectivity index (χ4n) is 4.10. The van der Waals surface area contributed by atoms with Gasteiger partial charge in [0.1, 0.15) is 18.2 Å². The van der Waals surface area contributed by atoms with Crippen molar-refractivity contribution in [2.24, 2.45) is 5.92 Å². The van der Waals surface area contributed by atoms with Crippen molar-refractivity contribution in [2.45, 2.75) is 76.7 Å². The zero-order chi connectivity index (χ0) is 19.5. The third kappa shape index (κ3) is 5.38. The zero-order valence-electron chi connectivity index (χ0n) is 16.7. The van der Waals surface area contributed by atoms with Crippen LogP contribution in [0.2, 0.25) is 0 Å². The largest absolute Gasteiger partial charge is 0.506 e. The van der Waals surface area contributed by atoms with E-state index in [0.717, 1.165) is 37.7 Å². The van der Waals surface area contributed by atoms with Crippen LogP contribution in [0.4, 0.5) is 0 Å². The number of nitrogens with one attached hydrogen (secondary N) is 1. The summed E-state index contributed by atoms with van der Waals surface area (Å²) >= 11 is 0. The normalized spacial score (nSPS) is 22.7. The first-order valence-corrected chi connectivity index (χ1v) is 9.93. The molecule has 2 unspecified atom stereocenters. The molecule has 2 aliphatic rings. The smallest absolute Gasteiger partial charge is 0.326 e. The summed E-state index contributed by atoms with van der Waals surface area (Å²) in [6.07, 6.45) is 6.57. The standard InChI is InChI=1S/C22H30BNO3/c1-16(2)13-21(3,20(25)26-15-17-7-5-4-6-8-17)24-22(11-12-22)14-18-9-10-19(23)27-18/h4-8,10,16,18,24H,9,11-15H2,1-3H3. The molecule has 1 saturated carbocycles. The van der Waals surface area contributed by atoms with Crippen LogP contribution in [-0.2, 0) is 20.9 Å². The van der Waals surface area contributed by atoms with Crippen molar-refractivity contribution in [3.63, 3.8) is 0 Å². The number of esters is 1. The predicted molar refractivity (Wildman–Crippen MR) is 107 cm³/mol. The highest BCUT2D eigenvalue weighted by atomic mass is 16.5. The minimum absolute atomic E-state index is 0.0570. The number of carbonyl (C=O) groups is 1. The van der Waals surface area contributed by atoms with E-state index in [1.54, 1.807) is 0 Å². The van der Waals surface area contributed by atoms with E-state index in [1.807, 2.05) is 43.3 Å². The number of rotatable bonds is 9. The monoisotopic (exact) mass is 367 g/mol. The Bertz CT molecular complexity index is 684. The Hall–Kier alpha value is -1.75. The number of hydrogen-bond acceptors (Lipinski definition) is 4. The lowest BCUT2D eigenvalue weighted by Crippen LogP contribution is -2.57. The minimum atomic E-state index is -0.711. The van der Waals surface area contributed by atoms with E-state index in [1.165, 1.54) is 0 Å². The molecule has 3 rings (SSSR count). The molecule has 0 aromatic heterocycles. The van der Waals surface area contributed by atoms with Crippen molar-refractivity contribution in [3.8, 4) is 0 Å². The molecule has 2 radical (unpaired) electrons. The molecule has 1 heterocycles. The average molecular weight is 367 g/mol. The third-order valence-corrected chi connectivity index (χ3v) is 5.38. The Morgan fingerprint density at radius 1 is 1.37 bits per heavy atom. The molecule has 0 spiro atoms. The molecular weight excluding hydrogens is 337 g/mol. The second-order valence-electron chi connectivity index (χ2n) is 8.68. The van der Waals surface area contributed by atoms with Gasteiger partial charge in [0.2, 0.25) is 0 Å². The molecule has 144 valence electrons. The van der Waals surface area contributed by atoms with E-state index in [9.17, 15) is 4.79 Å².